The van der Waals surface area contributed by atoms with E-state index in [0.717, 1.165) is 40.8 Å². The molecule has 0 bridgehead atoms. The topological polar surface area (TPSA) is 75.9 Å². The SMILES string of the molecule is Cc1ccc(Cn2nc(C)c(C(=O)N3CCC(n4c(=O)[nH]c5ccccc54)CC3)c2C)cc1. The van der Waals surface area contributed by atoms with Crippen molar-refractivity contribution >= 4 is 16.9 Å². The minimum atomic E-state index is -0.0787. The van der Waals surface area contributed by atoms with Crippen molar-refractivity contribution in [2.75, 3.05) is 13.1 Å². The van der Waals surface area contributed by atoms with E-state index in [4.69, 9.17) is 0 Å². The second-order valence-corrected chi connectivity index (χ2v) is 9.03. The maximum atomic E-state index is 13.4. The third-order valence-electron chi connectivity index (χ3n) is 6.79. The maximum Gasteiger partial charge on any atom is 0.326 e. The Labute approximate surface area is 192 Å². The summed E-state index contributed by atoms with van der Waals surface area (Å²) in [7, 11) is 0. The molecule has 7 heteroatoms. The zero-order valence-corrected chi connectivity index (χ0v) is 19.3. The molecule has 33 heavy (non-hydrogen) atoms. The highest BCUT2D eigenvalue weighted by Crippen LogP contribution is 2.27. The number of aromatic amines is 1. The molecule has 1 saturated heterocycles. The van der Waals surface area contributed by atoms with Gasteiger partial charge in [-0.15, -0.1) is 0 Å². The predicted octanol–water partition coefficient (Wildman–Crippen LogP) is 3.98. The third-order valence-corrected chi connectivity index (χ3v) is 6.79. The smallest absolute Gasteiger partial charge is 0.326 e. The van der Waals surface area contributed by atoms with Crippen molar-refractivity contribution in [1.29, 1.82) is 0 Å². The molecule has 1 aliphatic rings. The largest absolute Gasteiger partial charge is 0.338 e. The summed E-state index contributed by atoms with van der Waals surface area (Å²) in [5.41, 5.74) is 6.45. The van der Waals surface area contributed by atoms with Crippen molar-refractivity contribution < 1.29 is 4.79 Å². The van der Waals surface area contributed by atoms with Crippen LogP contribution in [0.2, 0.25) is 0 Å². The van der Waals surface area contributed by atoms with E-state index in [9.17, 15) is 9.59 Å². The molecule has 2 aromatic carbocycles. The van der Waals surface area contributed by atoms with E-state index >= 15 is 0 Å². The number of aryl methyl sites for hydroxylation is 2. The molecule has 0 atom stereocenters. The Morgan fingerprint density at radius 2 is 1.73 bits per heavy atom. The summed E-state index contributed by atoms with van der Waals surface area (Å²) in [4.78, 5) is 30.8. The van der Waals surface area contributed by atoms with Crippen molar-refractivity contribution in [2.45, 2.75) is 46.2 Å². The summed E-state index contributed by atoms with van der Waals surface area (Å²) in [6.45, 7) is 7.84. The second kappa shape index (κ2) is 8.39. The molecule has 1 aliphatic heterocycles. The average molecular weight is 444 g/mol. The molecule has 5 rings (SSSR count). The van der Waals surface area contributed by atoms with Crippen LogP contribution >= 0.6 is 0 Å². The first-order valence-corrected chi connectivity index (χ1v) is 11.5. The lowest BCUT2D eigenvalue weighted by Gasteiger charge is -2.32. The lowest BCUT2D eigenvalue weighted by molar-refractivity contribution is 0.0693. The number of aromatic nitrogens is 4. The van der Waals surface area contributed by atoms with Gasteiger partial charge in [-0.05, 0) is 51.3 Å². The van der Waals surface area contributed by atoms with Crippen LogP contribution in [0.25, 0.3) is 11.0 Å². The molecule has 3 heterocycles. The standard InChI is InChI=1S/C26H29N5O2/c1-17-8-10-20(11-9-17)16-30-19(3)24(18(2)28-30)25(32)29-14-12-21(13-15-29)31-23-7-5-4-6-22(23)27-26(31)33/h4-11,21H,12-16H2,1-3H3,(H,27,33). The quantitative estimate of drug-likeness (QED) is 0.518. The number of nitrogens with zero attached hydrogens (tertiary/aromatic N) is 4. The molecule has 0 aliphatic carbocycles. The molecule has 0 saturated carbocycles. The van der Waals surface area contributed by atoms with E-state index in [0.29, 0.717) is 25.2 Å². The van der Waals surface area contributed by atoms with E-state index in [1.165, 1.54) is 5.56 Å². The fraction of sp³-hybridized carbons (Fsp3) is 0.346. The van der Waals surface area contributed by atoms with Crippen LogP contribution in [0.3, 0.4) is 0 Å². The lowest BCUT2D eigenvalue weighted by Crippen LogP contribution is -2.40. The van der Waals surface area contributed by atoms with Gasteiger partial charge in [0.15, 0.2) is 0 Å². The average Bonchev–Trinajstić information content (AvgIpc) is 3.29. The number of piperidine rings is 1. The molecule has 7 nitrogen and oxygen atoms in total. The van der Waals surface area contributed by atoms with Gasteiger partial charge in [0.25, 0.3) is 5.91 Å². The molecular formula is C26H29N5O2. The fourth-order valence-electron chi connectivity index (χ4n) is 4.95. The van der Waals surface area contributed by atoms with Crippen LogP contribution in [-0.4, -0.2) is 43.2 Å². The summed E-state index contributed by atoms with van der Waals surface area (Å²) in [6, 6.07) is 16.2. The van der Waals surface area contributed by atoms with Crippen molar-refractivity contribution in [1.82, 2.24) is 24.2 Å². The Balaban J connectivity index is 1.32. The molecule has 0 radical (unpaired) electrons. The zero-order chi connectivity index (χ0) is 23.1. The number of H-pyrrole nitrogens is 1. The number of imidazole rings is 1. The normalized spacial score (nSPS) is 14.8. The number of hydrogen-bond donors (Lipinski definition) is 1. The second-order valence-electron chi connectivity index (χ2n) is 9.03. The predicted molar refractivity (Wildman–Crippen MR) is 129 cm³/mol. The number of carbonyl (C=O) groups excluding carboxylic acids is 1. The number of nitrogens with one attached hydrogen (secondary N) is 1. The molecule has 1 N–H and O–H groups in total. The molecule has 170 valence electrons. The number of rotatable bonds is 4. The summed E-state index contributed by atoms with van der Waals surface area (Å²) < 4.78 is 3.78. The zero-order valence-electron chi connectivity index (χ0n) is 19.3. The number of hydrogen-bond acceptors (Lipinski definition) is 3. The third kappa shape index (κ3) is 3.88. The Kier molecular flexibility index (Phi) is 5.40. The van der Waals surface area contributed by atoms with Gasteiger partial charge < -0.3 is 9.88 Å². The Hall–Kier alpha value is -3.61. The van der Waals surface area contributed by atoms with Gasteiger partial charge in [-0.25, -0.2) is 4.79 Å². The van der Waals surface area contributed by atoms with Crippen LogP contribution in [0.15, 0.2) is 53.3 Å². The lowest BCUT2D eigenvalue weighted by atomic mass is 10.0. The summed E-state index contributed by atoms with van der Waals surface area (Å²) in [5, 5.41) is 4.66. The molecule has 2 aromatic heterocycles. The van der Waals surface area contributed by atoms with Crippen LogP contribution in [0.4, 0.5) is 0 Å². The number of benzene rings is 2. The summed E-state index contributed by atoms with van der Waals surface area (Å²) in [5.74, 6) is 0.0323. The minimum absolute atomic E-state index is 0.0323. The van der Waals surface area contributed by atoms with Crippen molar-refractivity contribution in [3.05, 3.63) is 87.1 Å². The molecular weight excluding hydrogens is 414 g/mol. The fourth-order valence-corrected chi connectivity index (χ4v) is 4.95. The van der Waals surface area contributed by atoms with E-state index in [2.05, 4.69) is 41.3 Å². The Bertz CT molecular complexity index is 1370. The molecule has 4 aromatic rings. The molecule has 1 fully saturated rings. The molecule has 1 amide bonds. The van der Waals surface area contributed by atoms with Crippen LogP contribution in [0.5, 0.6) is 0 Å². The highest BCUT2D eigenvalue weighted by Gasteiger charge is 2.29. The van der Waals surface area contributed by atoms with Gasteiger partial charge in [-0.3, -0.25) is 14.0 Å². The van der Waals surface area contributed by atoms with Gasteiger partial charge in [0.05, 0.1) is 28.8 Å². The number of para-hydroxylation sites is 2. The van der Waals surface area contributed by atoms with Crippen LogP contribution in [-0.2, 0) is 6.54 Å². The van der Waals surface area contributed by atoms with Gasteiger partial charge in [0, 0.05) is 24.8 Å². The molecule has 0 unspecified atom stereocenters. The Morgan fingerprint density at radius 3 is 2.45 bits per heavy atom. The summed E-state index contributed by atoms with van der Waals surface area (Å²) in [6.07, 6.45) is 1.51. The summed E-state index contributed by atoms with van der Waals surface area (Å²) >= 11 is 0. The van der Waals surface area contributed by atoms with Gasteiger partial charge in [-0.1, -0.05) is 42.0 Å². The van der Waals surface area contributed by atoms with Gasteiger partial charge in [0.2, 0.25) is 0 Å². The van der Waals surface area contributed by atoms with Crippen LogP contribution < -0.4 is 5.69 Å². The number of likely N-dealkylation sites (tertiary alicyclic amines) is 1. The first-order valence-electron chi connectivity index (χ1n) is 11.5. The van der Waals surface area contributed by atoms with E-state index in [1.807, 2.05) is 52.3 Å². The van der Waals surface area contributed by atoms with Gasteiger partial charge >= 0.3 is 5.69 Å². The minimum Gasteiger partial charge on any atom is -0.338 e. The van der Waals surface area contributed by atoms with Crippen molar-refractivity contribution in [3.8, 4) is 0 Å². The highest BCUT2D eigenvalue weighted by molar-refractivity contribution is 5.96. The maximum absolute atomic E-state index is 13.4. The van der Waals surface area contributed by atoms with Gasteiger partial charge in [-0.2, -0.15) is 5.10 Å². The monoisotopic (exact) mass is 443 g/mol. The van der Waals surface area contributed by atoms with Crippen molar-refractivity contribution in [3.63, 3.8) is 0 Å². The number of carbonyl (C=O) groups is 1. The first kappa shape index (κ1) is 21.2. The van der Waals surface area contributed by atoms with Crippen molar-refractivity contribution in [2.24, 2.45) is 0 Å². The molecule has 0 spiro atoms. The highest BCUT2D eigenvalue weighted by atomic mass is 16.2. The van der Waals surface area contributed by atoms with E-state index in [1.54, 1.807) is 0 Å². The Morgan fingerprint density at radius 1 is 1.03 bits per heavy atom. The number of fused-ring (bicyclic) bond motifs is 1. The van der Waals surface area contributed by atoms with Crippen LogP contribution in [0, 0.1) is 20.8 Å². The number of amides is 1. The van der Waals surface area contributed by atoms with Gasteiger partial charge in [0.1, 0.15) is 0 Å². The van der Waals surface area contributed by atoms with Crippen LogP contribution in [0.1, 0.15) is 51.8 Å². The van der Waals surface area contributed by atoms with E-state index < -0.39 is 0 Å². The van der Waals surface area contributed by atoms with E-state index in [-0.39, 0.29) is 17.6 Å². The first-order chi connectivity index (χ1) is 15.9.